The van der Waals surface area contributed by atoms with Crippen LogP contribution < -0.4 is 0 Å². The summed E-state index contributed by atoms with van der Waals surface area (Å²) in [7, 11) is 0. The Bertz CT molecular complexity index is 633. The molecule has 0 spiro atoms. The third kappa shape index (κ3) is 3.32. The standard InChI is InChI=1S/2C7H5N2.La/c2*1-2-4-7-6(3-1)8-5-9-7;/h2*1-4H,(H,8,9);/q2*-1;. The average Bonchev–Trinajstić information content (AvgIpc) is 3.08. The van der Waals surface area contributed by atoms with Gasteiger partial charge in [0.15, 0.2) is 0 Å². The maximum atomic E-state index is 3.94. The number of fused-ring (bicyclic) bond motifs is 2. The molecule has 0 saturated heterocycles. The quantitative estimate of drug-likeness (QED) is 0.466. The summed E-state index contributed by atoms with van der Waals surface area (Å²) >= 11 is 0. The molecular formula is C14H10LaN4-2. The third-order valence-electron chi connectivity index (χ3n) is 2.54. The predicted molar refractivity (Wildman–Crippen MR) is 69.9 cm³/mol. The van der Waals surface area contributed by atoms with Crippen LogP contribution in [0.1, 0.15) is 0 Å². The van der Waals surface area contributed by atoms with Gasteiger partial charge in [0.2, 0.25) is 0 Å². The molecule has 0 fully saturated rings. The van der Waals surface area contributed by atoms with Gasteiger partial charge in [-0.2, -0.15) is 0 Å². The number of imidazole rings is 2. The van der Waals surface area contributed by atoms with Gasteiger partial charge in [0.05, 0.1) is 0 Å². The van der Waals surface area contributed by atoms with E-state index in [1.54, 1.807) is 0 Å². The van der Waals surface area contributed by atoms with Crippen LogP contribution in [0.15, 0.2) is 48.5 Å². The largest absolute Gasteiger partial charge is 0.461 e. The number of hydrogen-bond acceptors (Lipinski definition) is 2. The SMILES string of the molecule is [La].[c-]1nc2ccccc2[nH]1.[c-]1nc2ccccc2[nH]1. The summed E-state index contributed by atoms with van der Waals surface area (Å²) in [5.41, 5.74) is 4.02. The van der Waals surface area contributed by atoms with E-state index in [0.29, 0.717) is 0 Å². The molecule has 2 aromatic heterocycles. The maximum absolute atomic E-state index is 3.94. The van der Waals surface area contributed by atoms with Crippen molar-refractivity contribution in [3.05, 3.63) is 61.2 Å². The third-order valence-corrected chi connectivity index (χ3v) is 2.54. The summed E-state index contributed by atoms with van der Waals surface area (Å²) in [5.74, 6) is 0. The molecule has 0 aliphatic rings. The number of nitrogens with zero attached hydrogens (tertiary/aromatic N) is 2. The summed E-state index contributed by atoms with van der Waals surface area (Å²) in [4.78, 5) is 13.6. The molecule has 91 valence electrons. The molecule has 4 rings (SSSR count). The van der Waals surface area contributed by atoms with Crippen LogP contribution in [-0.4, -0.2) is 19.9 Å². The van der Waals surface area contributed by atoms with Crippen LogP contribution >= 0.6 is 0 Å². The smallest absolute Gasteiger partial charge is 0 e. The summed E-state index contributed by atoms with van der Waals surface area (Å²) in [6.07, 6.45) is 5.33. The first-order chi connectivity index (χ1) is 8.93. The molecule has 1 radical (unpaired) electrons. The summed E-state index contributed by atoms with van der Waals surface area (Å²) in [5, 5.41) is 0. The molecule has 2 N–H and O–H groups in total. The zero-order valence-corrected chi connectivity index (χ0v) is 13.7. The van der Waals surface area contributed by atoms with E-state index >= 15 is 0 Å². The van der Waals surface area contributed by atoms with E-state index in [1.807, 2.05) is 48.5 Å². The van der Waals surface area contributed by atoms with Crippen LogP contribution in [0.2, 0.25) is 0 Å². The number of aromatic nitrogens is 4. The molecular weight excluding hydrogens is 363 g/mol. The molecule has 2 heterocycles. The van der Waals surface area contributed by atoms with Gasteiger partial charge in [-0.05, 0) is 12.7 Å². The predicted octanol–water partition coefficient (Wildman–Crippen LogP) is 2.73. The zero-order valence-electron chi connectivity index (χ0n) is 10.1. The number of aromatic amines is 2. The number of nitrogens with one attached hydrogen (secondary N) is 2. The van der Waals surface area contributed by atoms with Gasteiger partial charge in [0, 0.05) is 35.6 Å². The van der Waals surface area contributed by atoms with E-state index in [9.17, 15) is 0 Å². The minimum atomic E-state index is 0. The van der Waals surface area contributed by atoms with Crippen molar-refractivity contribution in [2.75, 3.05) is 0 Å². The summed E-state index contributed by atoms with van der Waals surface area (Å²) in [6.45, 7) is 0. The van der Waals surface area contributed by atoms with Crippen molar-refractivity contribution in [2.24, 2.45) is 0 Å². The second-order valence-corrected chi connectivity index (χ2v) is 3.73. The van der Waals surface area contributed by atoms with E-state index in [0.717, 1.165) is 22.1 Å². The van der Waals surface area contributed by atoms with Crippen molar-refractivity contribution in [3.63, 3.8) is 0 Å². The molecule has 4 nitrogen and oxygen atoms in total. The number of benzene rings is 2. The number of para-hydroxylation sites is 4. The van der Waals surface area contributed by atoms with Crippen molar-refractivity contribution < 1.29 is 35.6 Å². The second-order valence-electron chi connectivity index (χ2n) is 3.73. The molecule has 0 unspecified atom stereocenters. The molecule has 19 heavy (non-hydrogen) atoms. The van der Waals surface area contributed by atoms with Crippen LogP contribution in [-0.2, 0) is 0 Å². The number of H-pyrrole nitrogens is 2. The van der Waals surface area contributed by atoms with Gasteiger partial charge in [-0.3, -0.25) is 0 Å². The average molecular weight is 373 g/mol. The molecule has 0 aliphatic carbocycles. The first kappa shape index (κ1) is 14.0. The monoisotopic (exact) mass is 373 g/mol. The molecule has 0 aliphatic heterocycles. The molecule has 0 atom stereocenters. The molecule has 5 heteroatoms. The Balaban J connectivity index is 0.000000133. The minimum Gasteiger partial charge on any atom is -0.461 e. The minimum absolute atomic E-state index is 0. The van der Waals surface area contributed by atoms with Gasteiger partial charge in [0.1, 0.15) is 0 Å². The Morgan fingerprint density at radius 2 is 1.11 bits per heavy atom. The van der Waals surface area contributed by atoms with E-state index < -0.39 is 0 Å². The van der Waals surface area contributed by atoms with E-state index in [-0.39, 0.29) is 35.6 Å². The van der Waals surface area contributed by atoms with E-state index in [4.69, 9.17) is 0 Å². The first-order valence-corrected chi connectivity index (χ1v) is 5.55. The molecule has 4 aromatic rings. The van der Waals surface area contributed by atoms with Gasteiger partial charge in [-0.25, -0.2) is 0 Å². The Morgan fingerprint density at radius 1 is 0.684 bits per heavy atom. The Morgan fingerprint density at radius 3 is 1.53 bits per heavy atom. The topological polar surface area (TPSA) is 57.4 Å². The number of rotatable bonds is 0. The van der Waals surface area contributed by atoms with Gasteiger partial charge in [0.25, 0.3) is 0 Å². The molecule has 0 amide bonds. The normalized spacial score (nSPS) is 9.68. The fourth-order valence-corrected chi connectivity index (χ4v) is 1.65. The van der Waals surface area contributed by atoms with Crippen LogP contribution in [0.25, 0.3) is 22.1 Å². The van der Waals surface area contributed by atoms with Crippen molar-refractivity contribution in [2.45, 2.75) is 0 Å². The Labute approximate surface area is 138 Å². The molecule has 2 aromatic carbocycles. The van der Waals surface area contributed by atoms with Crippen LogP contribution in [0, 0.1) is 48.3 Å². The van der Waals surface area contributed by atoms with E-state index in [1.165, 1.54) is 0 Å². The summed E-state index contributed by atoms with van der Waals surface area (Å²) in [6, 6.07) is 15.7. The fourth-order valence-electron chi connectivity index (χ4n) is 1.65. The maximum Gasteiger partial charge on any atom is 0 e. The first-order valence-electron chi connectivity index (χ1n) is 5.55. The zero-order chi connectivity index (χ0) is 12.2. The van der Waals surface area contributed by atoms with Gasteiger partial charge in [-0.1, -0.05) is 46.3 Å². The second kappa shape index (κ2) is 6.66. The van der Waals surface area contributed by atoms with Crippen LogP contribution in [0.3, 0.4) is 0 Å². The van der Waals surface area contributed by atoms with Crippen molar-refractivity contribution >= 4 is 22.1 Å². The molecule has 0 saturated carbocycles. The van der Waals surface area contributed by atoms with Crippen LogP contribution in [0.4, 0.5) is 0 Å². The summed E-state index contributed by atoms with van der Waals surface area (Å²) < 4.78 is 0. The Kier molecular flexibility index (Phi) is 4.90. The van der Waals surface area contributed by atoms with Gasteiger partial charge >= 0.3 is 0 Å². The van der Waals surface area contributed by atoms with Gasteiger partial charge < -0.3 is 19.9 Å². The fraction of sp³-hybridized carbons (Fsp3) is 0. The Hall–Kier alpha value is -1.43. The van der Waals surface area contributed by atoms with Crippen molar-refractivity contribution in [3.8, 4) is 0 Å². The van der Waals surface area contributed by atoms with Crippen LogP contribution in [0.5, 0.6) is 0 Å². The van der Waals surface area contributed by atoms with E-state index in [2.05, 4.69) is 32.6 Å². The number of hydrogen-bond donors (Lipinski definition) is 2. The van der Waals surface area contributed by atoms with Crippen molar-refractivity contribution in [1.29, 1.82) is 0 Å². The van der Waals surface area contributed by atoms with Crippen molar-refractivity contribution in [1.82, 2.24) is 19.9 Å². The molecule has 0 bridgehead atoms. The van der Waals surface area contributed by atoms with Gasteiger partial charge in [-0.15, -0.1) is 24.3 Å².